The fourth-order valence-electron chi connectivity index (χ4n) is 2.20. The average Bonchev–Trinajstić information content (AvgIpc) is 2.41. The Labute approximate surface area is 114 Å². The van der Waals surface area contributed by atoms with Gasteiger partial charge in [-0.2, -0.15) is 5.26 Å². The topological polar surface area (TPSA) is 35.8 Å². The van der Waals surface area contributed by atoms with Crippen LogP contribution in [0.1, 0.15) is 29.2 Å². The third-order valence-electron chi connectivity index (χ3n) is 3.30. The molecule has 0 atom stereocenters. The van der Waals surface area contributed by atoms with E-state index in [2.05, 4.69) is 43.4 Å². The Bertz CT molecular complexity index is 636. The van der Waals surface area contributed by atoms with E-state index < -0.39 is 0 Å². The monoisotopic (exact) mass is 250 g/mol. The molecule has 0 unspecified atom stereocenters. The first-order chi connectivity index (χ1) is 9.15. The zero-order chi connectivity index (χ0) is 13.8. The van der Waals surface area contributed by atoms with E-state index in [4.69, 9.17) is 0 Å². The first-order valence-corrected chi connectivity index (χ1v) is 6.52. The van der Waals surface area contributed by atoms with Gasteiger partial charge in [-0.1, -0.05) is 31.2 Å². The third-order valence-corrected chi connectivity index (χ3v) is 3.30. The highest BCUT2D eigenvalue weighted by molar-refractivity contribution is 5.71. The van der Waals surface area contributed by atoms with Crippen LogP contribution in [-0.2, 0) is 6.42 Å². The highest BCUT2D eigenvalue weighted by atomic mass is 14.9. The van der Waals surface area contributed by atoms with Gasteiger partial charge < -0.3 is 5.32 Å². The van der Waals surface area contributed by atoms with Crippen molar-refractivity contribution in [3.63, 3.8) is 0 Å². The Morgan fingerprint density at radius 2 is 1.95 bits per heavy atom. The normalized spacial score (nSPS) is 10.0. The van der Waals surface area contributed by atoms with Crippen LogP contribution in [-0.4, -0.2) is 0 Å². The Hall–Kier alpha value is -2.27. The number of benzene rings is 2. The third kappa shape index (κ3) is 2.77. The molecule has 0 bridgehead atoms. The largest absolute Gasteiger partial charge is 0.354 e. The number of nitrogens with zero attached hydrogens (tertiary/aromatic N) is 1. The summed E-state index contributed by atoms with van der Waals surface area (Å²) < 4.78 is 0. The van der Waals surface area contributed by atoms with Crippen molar-refractivity contribution in [3.05, 3.63) is 58.7 Å². The van der Waals surface area contributed by atoms with Gasteiger partial charge in [-0.15, -0.1) is 0 Å². The van der Waals surface area contributed by atoms with Crippen LogP contribution in [0.4, 0.5) is 11.4 Å². The summed E-state index contributed by atoms with van der Waals surface area (Å²) in [6.45, 7) is 6.26. The number of nitriles is 1. The number of nitrogens with one attached hydrogen (secondary N) is 1. The molecule has 0 spiro atoms. The molecule has 2 heteroatoms. The molecule has 96 valence electrons. The van der Waals surface area contributed by atoms with Crippen molar-refractivity contribution in [2.75, 3.05) is 5.32 Å². The second kappa shape index (κ2) is 5.58. The Balaban J connectivity index is 2.47. The minimum Gasteiger partial charge on any atom is -0.354 e. The first kappa shape index (κ1) is 13.2. The van der Waals surface area contributed by atoms with Gasteiger partial charge >= 0.3 is 0 Å². The van der Waals surface area contributed by atoms with E-state index in [1.165, 1.54) is 11.1 Å². The van der Waals surface area contributed by atoms with Crippen molar-refractivity contribution in [1.82, 2.24) is 0 Å². The predicted octanol–water partition coefficient (Wildman–Crippen LogP) is 4.48. The fourth-order valence-corrected chi connectivity index (χ4v) is 2.20. The van der Waals surface area contributed by atoms with E-state index in [0.29, 0.717) is 5.56 Å². The van der Waals surface area contributed by atoms with E-state index in [0.717, 1.165) is 23.4 Å². The minimum atomic E-state index is 0.677. The minimum absolute atomic E-state index is 0.677. The molecule has 0 aliphatic heterocycles. The van der Waals surface area contributed by atoms with Gasteiger partial charge in [0.25, 0.3) is 0 Å². The van der Waals surface area contributed by atoms with Gasteiger partial charge in [0.15, 0.2) is 0 Å². The zero-order valence-corrected chi connectivity index (χ0v) is 11.6. The molecule has 0 aliphatic rings. The second-order valence-electron chi connectivity index (χ2n) is 4.75. The van der Waals surface area contributed by atoms with Crippen LogP contribution in [0, 0.1) is 25.2 Å². The number of hydrogen-bond donors (Lipinski definition) is 1. The molecule has 0 radical (unpaired) electrons. The van der Waals surface area contributed by atoms with Gasteiger partial charge in [-0.05, 0) is 49.1 Å². The molecule has 0 saturated carbocycles. The second-order valence-corrected chi connectivity index (χ2v) is 4.75. The molecule has 0 saturated heterocycles. The summed E-state index contributed by atoms with van der Waals surface area (Å²) in [5.41, 5.74) is 6.29. The maximum Gasteiger partial charge on any atom is 0.101 e. The lowest BCUT2D eigenvalue weighted by molar-refractivity contribution is 1.13. The van der Waals surface area contributed by atoms with E-state index in [1.807, 2.05) is 25.1 Å². The van der Waals surface area contributed by atoms with Gasteiger partial charge in [-0.25, -0.2) is 0 Å². The summed E-state index contributed by atoms with van der Waals surface area (Å²) >= 11 is 0. The summed E-state index contributed by atoms with van der Waals surface area (Å²) in [5.74, 6) is 0. The van der Waals surface area contributed by atoms with Crippen LogP contribution in [0.5, 0.6) is 0 Å². The smallest absolute Gasteiger partial charge is 0.101 e. The lowest BCUT2D eigenvalue weighted by Crippen LogP contribution is -2.00. The van der Waals surface area contributed by atoms with Gasteiger partial charge in [0.2, 0.25) is 0 Å². The molecule has 1 N–H and O–H groups in total. The lowest BCUT2D eigenvalue weighted by Gasteiger charge is -2.15. The lowest BCUT2D eigenvalue weighted by atomic mass is 10.0. The number of rotatable bonds is 3. The van der Waals surface area contributed by atoms with Crippen LogP contribution < -0.4 is 5.32 Å². The molecule has 2 nitrogen and oxygen atoms in total. The average molecular weight is 250 g/mol. The summed E-state index contributed by atoms with van der Waals surface area (Å²) in [6.07, 6.45) is 0.970. The van der Waals surface area contributed by atoms with Crippen molar-refractivity contribution in [3.8, 4) is 6.07 Å². The molecule has 2 aromatic rings. The first-order valence-electron chi connectivity index (χ1n) is 6.52. The SMILES string of the molecule is CCc1cccc(C)c1Nc1cc(C)ccc1C#N. The maximum absolute atomic E-state index is 9.19. The number of para-hydroxylation sites is 1. The van der Waals surface area contributed by atoms with Crippen LogP contribution in [0.25, 0.3) is 0 Å². The molecule has 0 aromatic heterocycles. The molecule has 0 aliphatic carbocycles. The van der Waals surface area contributed by atoms with Gasteiger partial charge in [0, 0.05) is 5.69 Å². The molecular weight excluding hydrogens is 232 g/mol. The molecule has 19 heavy (non-hydrogen) atoms. The van der Waals surface area contributed by atoms with Crippen molar-refractivity contribution < 1.29 is 0 Å². The van der Waals surface area contributed by atoms with Crippen molar-refractivity contribution in [2.24, 2.45) is 0 Å². The standard InChI is InChI=1S/C17H18N2/c1-4-14-7-5-6-13(3)17(14)19-16-10-12(2)8-9-15(16)11-18/h5-10,19H,4H2,1-3H3. The quantitative estimate of drug-likeness (QED) is 0.871. The van der Waals surface area contributed by atoms with Crippen LogP contribution in [0.3, 0.4) is 0 Å². The van der Waals surface area contributed by atoms with Crippen LogP contribution >= 0.6 is 0 Å². The number of aryl methyl sites for hydroxylation is 3. The summed E-state index contributed by atoms with van der Waals surface area (Å²) in [6, 6.07) is 14.4. The Kier molecular flexibility index (Phi) is 3.87. The van der Waals surface area contributed by atoms with E-state index >= 15 is 0 Å². The maximum atomic E-state index is 9.19. The summed E-state index contributed by atoms with van der Waals surface area (Å²) in [7, 11) is 0. The Morgan fingerprint density at radius 3 is 2.63 bits per heavy atom. The van der Waals surface area contributed by atoms with E-state index in [1.54, 1.807) is 0 Å². The summed E-state index contributed by atoms with van der Waals surface area (Å²) in [5, 5.41) is 12.6. The highest BCUT2D eigenvalue weighted by Crippen LogP contribution is 2.27. The van der Waals surface area contributed by atoms with E-state index in [9.17, 15) is 5.26 Å². The van der Waals surface area contributed by atoms with Gasteiger partial charge in [-0.3, -0.25) is 0 Å². The van der Waals surface area contributed by atoms with Crippen LogP contribution in [0.2, 0.25) is 0 Å². The predicted molar refractivity (Wildman–Crippen MR) is 79.7 cm³/mol. The van der Waals surface area contributed by atoms with Crippen molar-refractivity contribution >= 4 is 11.4 Å². The number of anilines is 2. The molecule has 2 aromatic carbocycles. The Morgan fingerprint density at radius 1 is 1.16 bits per heavy atom. The molecule has 0 heterocycles. The van der Waals surface area contributed by atoms with E-state index in [-0.39, 0.29) is 0 Å². The molecule has 0 fully saturated rings. The zero-order valence-electron chi connectivity index (χ0n) is 11.6. The van der Waals surface area contributed by atoms with Crippen molar-refractivity contribution in [2.45, 2.75) is 27.2 Å². The fraction of sp³-hybridized carbons (Fsp3) is 0.235. The summed E-state index contributed by atoms with van der Waals surface area (Å²) in [4.78, 5) is 0. The van der Waals surface area contributed by atoms with Gasteiger partial charge in [0.05, 0.1) is 11.3 Å². The number of hydrogen-bond acceptors (Lipinski definition) is 2. The van der Waals surface area contributed by atoms with Crippen molar-refractivity contribution in [1.29, 1.82) is 5.26 Å². The molecule has 2 rings (SSSR count). The van der Waals surface area contributed by atoms with Crippen LogP contribution in [0.15, 0.2) is 36.4 Å². The highest BCUT2D eigenvalue weighted by Gasteiger charge is 2.07. The molecule has 0 amide bonds. The molecular formula is C17H18N2. The van der Waals surface area contributed by atoms with Gasteiger partial charge in [0.1, 0.15) is 6.07 Å².